The average Bonchev–Trinajstić information content (AvgIpc) is 2.66. The minimum atomic E-state index is -1.17. The fourth-order valence-electron chi connectivity index (χ4n) is 2.33. The van der Waals surface area contributed by atoms with Crippen molar-refractivity contribution in [2.24, 2.45) is 5.92 Å². The number of hydrogen-bond donors (Lipinski definition) is 1. The van der Waals surface area contributed by atoms with Crippen molar-refractivity contribution in [1.29, 1.82) is 0 Å². The third-order valence-electron chi connectivity index (χ3n) is 3.88. The van der Waals surface area contributed by atoms with E-state index >= 15 is 0 Å². The van der Waals surface area contributed by atoms with Crippen LogP contribution in [0.2, 0.25) is 5.02 Å². The predicted molar refractivity (Wildman–Crippen MR) is 116 cm³/mol. The molecule has 0 aliphatic heterocycles. The van der Waals surface area contributed by atoms with Gasteiger partial charge in [-0.2, -0.15) is 0 Å². The Kier molecular flexibility index (Phi) is 11.2. The summed E-state index contributed by atoms with van der Waals surface area (Å²) in [5.41, 5.74) is 0.820. The van der Waals surface area contributed by atoms with Crippen LogP contribution in [0.3, 0.4) is 0 Å². The minimum Gasteiger partial charge on any atom is -0.492 e. The molecule has 0 saturated carbocycles. The Hall–Kier alpha value is -2.21. The van der Waals surface area contributed by atoms with Crippen molar-refractivity contribution in [3.05, 3.63) is 35.4 Å². The fraction of sp³-hybridized carbons (Fsp3) is 0.545. The molecule has 0 fully saturated rings. The Labute approximate surface area is 178 Å². The lowest BCUT2D eigenvalue weighted by atomic mass is 10.2. The number of unbranched alkanes of at least 4 members (excludes halogenated alkanes) is 3. The zero-order chi connectivity index (χ0) is 21.8. The van der Waals surface area contributed by atoms with Gasteiger partial charge in [-0.1, -0.05) is 58.2 Å². The molecule has 1 rings (SSSR count). The summed E-state index contributed by atoms with van der Waals surface area (Å²) < 4.78 is 16.1. The van der Waals surface area contributed by atoms with E-state index in [9.17, 15) is 9.59 Å². The molecule has 0 saturated heterocycles. The second-order valence-corrected chi connectivity index (χ2v) is 7.74. The highest BCUT2D eigenvalue weighted by atomic mass is 35.5. The molecule has 1 aromatic rings. The molecule has 162 valence electrons. The first-order valence-electron chi connectivity index (χ1n) is 9.96. The monoisotopic (exact) mass is 425 g/mol. The summed E-state index contributed by atoms with van der Waals surface area (Å²) in [4.78, 5) is 24.4. The van der Waals surface area contributed by atoms with E-state index in [1.165, 1.54) is 0 Å². The molecule has 29 heavy (non-hydrogen) atoms. The van der Waals surface area contributed by atoms with Gasteiger partial charge in [-0.25, -0.2) is 9.59 Å². The number of rotatable bonds is 12. The lowest BCUT2D eigenvalue weighted by molar-refractivity contribution is -0.152. The van der Waals surface area contributed by atoms with Crippen LogP contribution >= 0.6 is 11.6 Å². The number of nitrogens with one attached hydrogen (secondary N) is 1. The maximum absolute atomic E-state index is 12.2. The Morgan fingerprint density at radius 3 is 2.55 bits per heavy atom. The van der Waals surface area contributed by atoms with E-state index < -0.39 is 18.2 Å². The third kappa shape index (κ3) is 9.70. The summed E-state index contributed by atoms with van der Waals surface area (Å²) in [7, 11) is 0. The van der Waals surface area contributed by atoms with Crippen LogP contribution in [0.25, 0.3) is 0 Å². The normalized spacial score (nSPS) is 11.7. The molecule has 0 aromatic heterocycles. The van der Waals surface area contributed by atoms with Crippen LogP contribution in [-0.4, -0.2) is 31.4 Å². The molecule has 0 aliphatic carbocycles. The van der Waals surface area contributed by atoms with Gasteiger partial charge in [0.2, 0.25) is 6.10 Å². The molecule has 1 atom stereocenters. The molecule has 1 N–H and O–H groups in total. The molecule has 1 unspecified atom stereocenters. The van der Waals surface area contributed by atoms with Gasteiger partial charge in [-0.3, -0.25) is 5.32 Å². The molecule has 1 aromatic carbocycles. The van der Waals surface area contributed by atoms with Gasteiger partial charge >= 0.3 is 12.1 Å². The van der Waals surface area contributed by atoms with E-state index in [0.717, 1.165) is 25.7 Å². The van der Waals surface area contributed by atoms with Gasteiger partial charge in [0.05, 0.1) is 18.2 Å². The summed E-state index contributed by atoms with van der Waals surface area (Å²) in [6, 6.07) is 4.88. The fourth-order valence-corrected chi connectivity index (χ4v) is 2.50. The van der Waals surface area contributed by atoms with Crippen LogP contribution in [0.5, 0.6) is 5.75 Å². The molecule has 7 heteroatoms. The summed E-state index contributed by atoms with van der Waals surface area (Å²) in [5, 5.41) is 3.03. The summed E-state index contributed by atoms with van der Waals surface area (Å²) in [6.45, 7) is 12.1. The predicted octanol–water partition coefficient (Wildman–Crippen LogP) is 5.99. The molecule has 0 bridgehead atoms. The quantitative estimate of drug-likeness (QED) is 0.253. The van der Waals surface area contributed by atoms with Gasteiger partial charge in [0.15, 0.2) is 0 Å². The Morgan fingerprint density at radius 1 is 1.21 bits per heavy atom. The second kappa shape index (κ2) is 13.1. The molecule has 0 radical (unpaired) electrons. The molecular weight excluding hydrogens is 394 g/mol. The van der Waals surface area contributed by atoms with Gasteiger partial charge in [0, 0.05) is 11.8 Å². The van der Waals surface area contributed by atoms with Gasteiger partial charge in [0.1, 0.15) is 5.75 Å². The summed E-state index contributed by atoms with van der Waals surface area (Å²) in [5.74, 6) is 0.00956. The molecule has 0 aliphatic rings. The van der Waals surface area contributed by atoms with Crippen LogP contribution in [0, 0.1) is 5.92 Å². The maximum atomic E-state index is 12.2. The van der Waals surface area contributed by atoms with Crippen molar-refractivity contribution < 1.29 is 23.8 Å². The maximum Gasteiger partial charge on any atom is 0.412 e. The van der Waals surface area contributed by atoms with E-state index in [0.29, 0.717) is 28.6 Å². The lowest BCUT2D eigenvalue weighted by Gasteiger charge is -2.18. The van der Waals surface area contributed by atoms with Crippen molar-refractivity contribution in [2.45, 2.75) is 59.5 Å². The van der Waals surface area contributed by atoms with E-state index in [4.69, 9.17) is 25.8 Å². The van der Waals surface area contributed by atoms with Gasteiger partial charge in [-0.05, 0) is 37.0 Å². The largest absolute Gasteiger partial charge is 0.492 e. The van der Waals surface area contributed by atoms with Crippen molar-refractivity contribution in [2.75, 3.05) is 18.5 Å². The zero-order valence-corrected chi connectivity index (χ0v) is 18.5. The first-order valence-corrected chi connectivity index (χ1v) is 10.3. The van der Waals surface area contributed by atoms with Gasteiger partial charge in [0.25, 0.3) is 0 Å². The number of benzene rings is 1. The number of amides is 1. The number of halogens is 1. The van der Waals surface area contributed by atoms with Gasteiger partial charge in [-0.15, -0.1) is 0 Å². The number of anilines is 1. The smallest absolute Gasteiger partial charge is 0.412 e. The standard InChI is InChI=1S/C22H32ClNO5/c1-6-7-8-9-12-27-19-13-17(10-11-18(19)23)24-22(26)29-20(16(4)5)21(25)28-14-15(2)3/h10-11,13,15,20H,4,6-9,12,14H2,1-3,5H3,(H,24,26). The number of esters is 1. The van der Waals surface area contributed by atoms with Crippen molar-refractivity contribution >= 4 is 29.4 Å². The highest BCUT2D eigenvalue weighted by Gasteiger charge is 2.26. The van der Waals surface area contributed by atoms with E-state index in [1.54, 1.807) is 25.1 Å². The Balaban J connectivity index is 2.66. The van der Waals surface area contributed by atoms with E-state index in [1.807, 2.05) is 13.8 Å². The SMILES string of the molecule is C=C(C)C(OC(=O)Nc1ccc(Cl)c(OCCCCCC)c1)C(=O)OCC(C)C. The van der Waals surface area contributed by atoms with Crippen LogP contribution in [-0.2, 0) is 14.3 Å². The van der Waals surface area contributed by atoms with Crippen molar-refractivity contribution in [3.8, 4) is 5.75 Å². The van der Waals surface area contributed by atoms with Crippen molar-refractivity contribution in [3.63, 3.8) is 0 Å². The van der Waals surface area contributed by atoms with Gasteiger partial charge < -0.3 is 14.2 Å². The third-order valence-corrected chi connectivity index (χ3v) is 4.19. The molecule has 6 nitrogen and oxygen atoms in total. The van der Waals surface area contributed by atoms with E-state index in [-0.39, 0.29) is 12.5 Å². The first kappa shape index (κ1) is 24.8. The summed E-state index contributed by atoms with van der Waals surface area (Å²) in [6.07, 6.45) is 2.37. The number of hydrogen-bond acceptors (Lipinski definition) is 5. The molecular formula is C22H32ClNO5. The molecule has 0 heterocycles. The lowest BCUT2D eigenvalue weighted by Crippen LogP contribution is -2.32. The second-order valence-electron chi connectivity index (χ2n) is 7.33. The van der Waals surface area contributed by atoms with Crippen LogP contribution in [0.1, 0.15) is 53.4 Å². The van der Waals surface area contributed by atoms with Crippen molar-refractivity contribution in [1.82, 2.24) is 0 Å². The number of carbonyl (C=O) groups is 2. The van der Waals surface area contributed by atoms with Crippen LogP contribution < -0.4 is 10.1 Å². The number of carbonyl (C=O) groups excluding carboxylic acids is 2. The Bertz CT molecular complexity index is 690. The van der Waals surface area contributed by atoms with Crippen LogP contribution in [0.4, 0.5) is 10.5 Å². The van der Waals surface area contributed by atoms with Crippen LogP contribution in [0.15, 0.2) is 30.4 Å². The highest BCUT2D eigenvalue weighted by Crippen LogP contribution is 2.28. The first-order chi connectivity index (χ1) is 13.7. The molecule has 0 spiro atoms. The Morgan fingerprint density at radius 2 is 1.93 bits per heavy atom. The highest BCUT2D eigenvalue weighted by molar-refractivity contribution is 6.32. The minimum absolute atomic E-state index is 0.174. The van der Waals surface area contributed by atoms with E-state index in [2.05, 4.69) is 18.8 Å². The topological polar surface area (TPSA) is 73.9 Å². The summed E-state index contributed by atoms with van der Waals surface area (Å²) >= 11 is 6.16. The number of ether oxygens (including phenoxy) is 3. The average molecular weight is 426 g/mol. The molecule has 1 amide bonds. The zero-order valence-electron chi connectivity index (χ0n) is 17.8.